The van der Waals surface area contributed by atoms with Crippen LogP contribution in [0.3, 0.4) is 0 Å². The third kappa shape index (κ3) is 5.87. The Hall–Kier alpha value is -2.40. The summed E-state index contributed by atoms with van der Waals surface area (Å²) >= 11 is 0. The summed E-state index contributed by atoms with van der Waals surface area (Å²) in [5.41, 5.74) is -0.433. The molecule has 202 valence electrons. The molecule has 0 unspecified atom stereocenters. The normalized spacial score (nSPS) is 21.6. The van der Waals surface area contributed by atoms with Crippen molar-refractivity contribution in [1.82, 2.24) is 9.21 Å². The van der Waals surface area contributed by atoms with Gasteiger partial charge in [-0.1, -0.05) is 30.3 Å². The van der Waals surface area contributed by atoms with Crippen molar-refractivity contribution in [2.24, 2.45) is 0 Å². The smallest absolute Gasteiger partial charge is 0.221 e. The Balaban J connectivity index is 1.59. The lowest BCUT2D eigenvalue weighted by atomic mass is 9.83. The molecule has 7 nitrogen and oxygen atoms in total. The molecule has 37 heavy (non-hydrogen) atoms. The van der Waals surface area contributed by atoms with Gasteiger partial charge in [0.15, 0.2) is 0 Å². The highest BCUT2D eigenvalue weighted by atomic mass is 32.2. The summed E-state index contributed by atoms with van der Waals surface area (Å²) < 4.78 is 65.0. The number of ether oxygens (including phenoxy) is 1. The first-order valence-electron chi connectivity index (χ1n) is 12.7. The maximum Gasteiger partial charge on any atom is 0.221 e. The second kappa shape index (κ2) is 11.6. The van der Waals surface area contributed by atoms with Crippen LogP contribution >= 0.6 is 0 Å². The van der Waals surface area contributed by atoms with Gasteiger partial charge in [-0.2, -0.15) is 4.31 Å². The minimum absolute atomic E-state index is 0.0368. The monoisotopic (exact) mass is 536 g/mol. The predicted octanol–water partition coefficient (Wildman–Crippen LogP) is 3.87. The first kappa shape index (κ1) is 27.6. The highest BCUT2D eigenvalue weighted by molar-refractivity contribution is 7.89. The molecule has 2 aliphatic rings. The van der Waals surface area contributed by atoms with Crippen LogP contribution in [0, 0.1) is 11.6 Å². The molecule has 0 bridgehead atoms. The molecule has 0 spiro atoms. The van der Waals surface area contributed by atoms with Gasteiger partial charge >= 0.3 is 0 Å². The number of piperidine rings is 1. The van der Waals surface area contributed by atoms with Gasteiger partial charge in [-0.15, -0.1) is 0 Å². The number of carbonyl (C=O) groups excluding carboxylic acids is 1. The largest absolute Gasteiger partial charge is 0.396 e. The molecule has 0 aliphatic carbocycles. The number of aliphatic hydroxyl groups excluding tert-OH is 1. The number of carbonyl (C=O) groups is 1. The van der Waals surface area contributed by atoms with Crippen molar-refractivity contribution in [3.05, 3.63) is 70.8 Å². The Labute approximate surface area is 217 Å². The van der Waals surface area contributed by atoms with Crippen molar-refractivity contribution in [1.29, 1.82) is 0 Å². The number of likely N-dealkylation sites (tertiary alicyclic amines) is 1. The maximum atomic E-state index is 15.6. The van der Waals surface area contributed by atoms with Crippen LogP contribution in [0.1, 0.15) is 61.0 Å². The fraction of sp³-hybridized carbons (Fsp3) is 0.519. The molecule has 2 saturated heterocycles. The number of benzene rings is 2. The van der Waals surface area contributed by atoms with Crippen molar-refractivity contribution in [3.8, 4) is 0 Å². The Morgan fingerprint density at radius 1 is 1.11 bits per heavy atom. The quantitative estimate of drug-likeness (QED) is 0.518. The van der Waals surface area contributed by atoms with Crippen LogP contribution in [-0.4, -0.2) is 61.5 Å². The lowest BCUT2D eigenvalue weighted by Crippen LogP contribution is -2.46. The third-order valence-corrected chi connectivity index (χ3v) is 9.69. The van der Waals surface area contributed by atoms with Crippen LogP contribution in [0.5, 0.6) is 0 Å². The fourth-order valence-corrected chi connectivity index (χ4v) is 7.37. The molecule has 10 heteroatoms. The van der Waals surface area contributed by atoms with Gasteiger partial charge in [0.05, 0.1) is 5.60 Å². The highest BCUT2D eigenvalue weighted by Crippen LogP contribution is 2.40. The van der Waals surface area contributed by atoms with E-state index >= 15 is 8.78 Å². The molecule has 2 aromatic rings. The SMILES string of the molecule is CC(=O)N1CCC(OCCCO)(c2cc(F)c(CN3CCC[C@H](c4ccccc4)S3(=O)=O)cc2F)CC1. The Kier molecular flexibility index (Phi) is 8.63. The van der Waals surface area contributed by atoms with E-state index in [1.165, 1.54) is 11.2 Å². The van der Waals surface area contributed by atoms with E-state index < -0.39 is 32.5 Å². The highest BCUT2D eigenvalue weighted by Gasteiger charge is 2.41. The molecule has 2 aromatic carbocycles. The van der Waals surface area contributed by atoms with E-state index in [0.29, 0.717) is 37.9 Å². The van der Waals surface area contributed by atoms with Gasteiger partial charge in [0.1, 0.15) is 16.9 Å². The summed E-state index contributed by atoms with van der Waals surface area (Å²) in [5, 5.41) is 8.45. The van der Waals surface area contributed by atoms with Crippen LogP contribution < -0.4 is 0 Å². The topological polar surface area (TPSA) is 87.2 Å². The Morgan fingerprint density at radius 2 is 1.81 bits per heavy atom. The van der Waals surface area contributed by atoms with E-state index in [4.69, 9.17) is 9.84 Å². The van der Waals surface area contributed by atoms with Crippen LogP contribution in [-0.2, 0) is 31.7 Å². The minimum Gasteiger partial charge on any atom is -0.396 e. The molecule has 1 amide bonds. The summed E-state index contributed by atoms with van der Waals surface area (Å²) in [7, 11) is -3.76. The molecular formula is C27H34F2N2O5S. The molecule has 0 aromatic heterocycles. The summed E-state index contributed by atoms with van der Waals surface area (Å²) in [5.74, 6) is -1.47. The molecular weight excluding hydrogens is 502 g/mol. The number of rotatable bonds is 8. The van der Waals surface area contributed by atoms with E-state index in [2.05, 4.69) is 0 Å². The van der Waals surface area contributed by atoms with E-state index in [1.807, 2.05) is 6.07 Å². The van der Waals surface area contributed by atoms with Crippen molar-refractivity contribution < 1.29 is 31.8 Å². The lowest BCUT2D eigenvalue weighted by molar-refractivity contribution is -0.137. The van der Waals surface area contributed by atoms with Gasteiger partial charge in [0.2, 0.25) is 15.9 Å². The minimum atomic E-state index is -3.76. The van der Waals surface area contributed by atoms with Crippen molar-refractivity contribution >= 4 is 15.9 Å². The summed E-state index contributed by atoms with van der Waals surface area (Å²) in [6.45, 7) is 2.18. The van der Waals surface area contributed by atoms with E-state index in [-0.39, 0.29) is 56.2 Å². The van der Waals surface area contributed by atoms with E-state index in [9.17, 15) is 13.2 Å². The summed E-state index contributed by atoms with van der Waals surface area (Å²) in [6, 6.07) is 11.1. The standard InChI is InChI=1S/C27H34F2N2O5S/c1-20(33)30-13-10-27(11-14-30,36-16-6-15-32)23-18-24(28)22(17-25(23)29)19-31-12-5-9-26(37(31,34)35)21-7-3-2-4-8-21/h2-4,7-8,17-18,26,32H,5-6,9-16,19H2,1H3/t26-/m1/s1. The van der Waals surface area contributed by atoms with Crippen molar-refractivity contribution in [2.75, 3.05) is 32.8 Å². The maximum absolute atomic E-state index is 15.6. The van der Waals surface area contributed by atoms with Crippen LogP contribution in [0.15, 0.2) is 42.5 Å². The predicted molar refractivity (Wildman–Crippen MR) is 135 cm³/mol. The van der Waals surface area contributed by atoms with Crippen molar-refractivity contribution in [3.63, 3.8) is 0 Å². The zero-order chi connectivity index (χ0) is 26.6. The zero-order valence-electron chi connectivity index (χ0n) is 21.0. The zero-order valence-corrected chi connectivity index (χ0v) is 21.9. The molecule has 1 N–H and O–H groups in total. The Morgan fingerprint density at radius 3 is 2.46 bits per heavy atom. The number of sulfonamides is 1. The van der Waals surface area contributed by atoms with E-state index in [0.717, 1.165) is 12.1 Å². The van der Waals surface area contributed by atoms with Crippen LogP contribution in [0.4, 0.5) is 8.78 Å². The van der Waals surface area contributed by atoms with Gasteiger partial charge in [0.25, 0.3) is 0 Å². The van der Waals surface area contributed by atoms with Crippen LogP contribution in [0.25, 0.3) is 0 Å². The first-order chi connectivity index (χ1) is 17.7. The molecule has 2 fully saturated rings. The van der Waals surface area contributed by atoms with Gasteiger partial charge in [-0.3, -0.25) is 4.79 Å². The molecule has 0 radical (unpaired) electrons. The molecule has 2 aliphatic heterocycles. The number of amides is 1. The number of hydrogen-bond donors (Lipinski definition) is 1. The molecule has 1 atom stereocenters. The molecule has 0 saturated carbocycles. The molecule has 2 heterocycles. The number of hydrogen-bond acceptors (Lipinski definition) is 5. The average Bonchev–Trinajstić information content (AvgIpc) is 2.88. The fourth-order valence-electron chi connectivity index (χ4n) is 5.34. The second-order valence-electron chi connectivity index (χ2n) is 9.77. The summed E-state index contributed by atoms with van der Waals surface area (Å²) in [6.07, 6.45) is 2.01. The van der Waals surface area contributed by atoms with Gasteiger partial charge < -0.3 is 14.7 Å². The Bertz CT molecular complexity index is 1200. The van der Waals surface area contributed by atoms with Gasteiger partial charge in [-0.05, 0) is 49.8 Å². The number of aliphatic hydroxyl groups is 1. The average molecular weight is 537 g/mol. The van der Waals surface area contributed by atoms with Crippen LogP contribution in [0.2, 0.25) is 0 Å². The third-order valence-electron chi connectivity index (χ3n) is 7.44. The number of halogens is 2. The van der Waals surface area contributed by atoms with Gasteiger partial charge in [-0.25, -0.2) is 17.2 Å². The molecule has 4 rings (SSSR count). The van der Waals surface area contributed by atoms with Gasteiger partial charge in [0, 0.05) is 57.4 Å². The second-order valence-corrected chi connectivity index (χ2v) is 11.9. The lowest BCUT2D eigenvalue weighted by Gasteiger charge is -2.42. The van der Waals surface area contributed by atoms with Crippen molar-refractivity contribution in [2.45, 2.75) is 56.4 Å². The summed E-state index contributed by atoms with van der Waals surface area (Å²) in [4.78, 5) is 13.4. The van der Waals surface area contributed by atoms with E-state index in [1.54, 1.807) is 29.2 Å². The number of nitrogens with zero attached hydrogens (tertiary/aromatic N) is 2. The first-order valence-corrected chi connectivity index (χ1v) is 14.2.